The lowest BCUT2D eigenvalue weighted by atomic mass is 9.94. The van der Waals surface area contributed by atoms with Crippen LogP contribution in [0.4, 0.5) is 0 Å². The lowest BCUT2D eigenvalue weighted by molar-refractivity contribution is -0.129. The summed E-state index contributed by atoms with van der Waals surface area (Å²) >= 11 is 1.30. The Morgan fingerprint density at radius 2 is 1.93 bits per heavy atom. The van der Waals surface area contributed by atoms with Gasteiger partial charge in [0.1, 0.15) is 5.82 Å². The summed E-state index contributed by atoms with van der Waals surface area (Å²) in [5.41, 5.74) is 1.47. The van der Waals surface area contributed by atoms with Crippen molar-refractivity contribution in [3.05, 3.63) is 58.5 Å². The molecule has 3 aromatic rings. The summed E-state index contributed by atoms with van der Waals surface area (Å²) < 4.78 is 1.51. The van der Waals surface area contributed by atoms with Crippen molar-refractivity contribution >= 4 is 28.6 Å². The van der Waals surface area contributed by atoms with Gasteiger partial charge in [-0.3, -0.25) is 9.59 Å². The molecule has 0 N–H and O–H groups in total. The minimum Gasteiger partial charge on any atom is -0.342 e. The third-order valence-corrected chi connectivity index (χ3v) is 6.63. The van der Waals surface area contributed by atoms with Crippen LogP contribution in [-0.2, 0) is 4.79 Å². The van der Waals surface area contributed by atoms with Crippen LogP contribution in [0.25, 0.3) is 16.7 Å². The van der Waals surface area contributed by atoms with E-state index in [1.165, 1.54) is 35.6 Å². The Balaban J connectivity index is 1.65. The Bertz CT molecular complexity index is 1100. The van der Waals surface area contributed by atoms with Crippen LogP contribution in [0.1, 0.15) is 37.7 Å². The average Bonchev–Trinajstić information content (AvgIpc) is 2.78. The Kier molecular flexibility index (Phi) is 6.18. The normalized spacial score (nSPS) is 14.7. The molecule has 0 saturated heterocycles. The molecule has 156 valence electrons. The molecule has 1 aromatic carbocycles. The van der Waals surface area contributed by atoms with Crippen LogP contribution < -0.4 is 5.56 Å². The largest absolute Gasteiger partial charge is 0.342 e. The van der Waals surface area contributed by atoms with Crippen LogP contribution in [0, 0.1) is 6.92 Å². The van der Waals surface area contributed by atoms with E-state index in [9.17, 15) is 9.59 Å². The standard InChI is InChI=1S/C23H26N4O2S/c1-16-12-13-20(24-14-16)27-22(29)18-10-6-7-11-19(18)25-23(27)30-15-21(28)26(2)17-8-4-3-5-9-17/h6-7,10-14,17H,3-5,8-9,15H2,1-2H3. The highest BCUT2D eigenvalue weighted by atomic mass is 32.2. The molecule has 1 amide bonds. The minimum absolute atomic E-state index is 0.0673. The van der Waals surface area contributed by atoms with Crippen molar-refractivity contribution in [2.24, 2.45) is 0 Å². The summed E-state index contributed by atoms with van der Waals surface area (Å²) in [4.78, 5) is 37.1. The predicted molar refractivity (Wildman–Crippen MR) is 120 cm³/mol. The number of nitrogens with zero attached hydrogens (tertiary/aromatic N) is 4. The Morgan fingerprint density at radius 1 is 1.17 bits per heavy atom. The highest BCUT2D eigenvalue weighted by molar-refractivity contribution is 7.99. The fraction of sp³-hybridized carbons (Fsp3) is 0.391. The van der Waals surface area contributed by atoms with E-state index < -0.39 is 0 Å². The monoisotopic (exact) mass is 422 g/mol. The molecule has 30 heavy (non-hydrogen) atoms. The number of para-hydroxylation sites is 1. The van der Waals surface area contributed by atoms with Gasteiger partial charge in [0.25, 0.3) is 5.56 Å². The molecule has 0 unspecified atom stereocenters. The van der Waals surface area contributed by atoms with Gasteiger partial charge in [-0.2, -0.15) is 0 Å². The van der Waals surface area contributed by atoms with Crippen LogP contribution >= 0.6 is 11.8 Å². The number of carbonyl (C=O) groups is 1. The smallest absolute Gasteiger partial charge is 0.267 e. The topological polar surface area (TPSA) is 68.1 Å². The van der Waals surface area contributed by atoms with Gasteiger partial charge < -0.3 is 4.90 Å². The predicted octanol–water partition coefficient (Wildman–Crippen LogP) is 3.97. The van der Waals surface area contributed by atoms with Gasteiger partial charge in [-0.1, -0.05) is 49.2 Å². The van der Waals surface area contributed by atoms with Crippen LogP contribution in [0.5, 0.6) is 0 Å². The number of pyridine rings is 1. The van der Waals surface area contributed by atoms with E-state index in [1.807, 2.05) is 49.2 Å². The van der Waals surface area contributed by atoms with Gasteiger partial charge in [-0.25, -0.2) is 14.5 Å². The van der Waals surface area contributed by atoms with E-state index in [-0.39, 0.29) is 17.2 Å². The van der Waals surface area contributed by atoms with E-state index in [2.05, 4.69) is 4.98 Å². The van der Waals surface area contributed by atoms with Crippen molar-refractivity contribution in [1.29, 1.82) is 0 Å². The summed E-state index contributed by atoms with van der Waals surface area (Å²) in [5, 5.41) is 1.02. The lowest BCUT2D eigenvalue weighted by Crippen LogP contribution is -2.39. The van der Waals surface area contributed by atoms with Gasteiger partial charge in [-0.15, -0.1) is 0 Å². The highest BCUT2D eigenvalue weighted by Gasteiger charge is 2.23. The average molecular weight is 423 g/mol. The summed E-state index contributed by atoms with van der Waals surface area (Å²) in [7, 11) is 1.89. The maximum atomic E-state index is 13.2. The number of hydrogen-bond acceptors (Lipinski definition) is 5. The van der Waals surface area contributed by atoms with Crippen LogP contribution in [-0.4, -0.2) is 44.2 Å². The maximum Gasteiger partial charge on any atom is 0.267 e. The van der Waals surface area contributed by atoms with Gasteiger partial charge >= 0.3 is 0 Å². The third-order valence-electron chi connectivity index (χ3n) is 5.71. The van der Waals surface area contributed by atoms with Gasteiger partial charge in [0.2, 0.25) is 5.91 Å². The molecule has 2 heterocycles. The number of fused-ring (bicyclic) bond motifs is 1. The summed E-state index contributed by atoms with van der Waals surface area (Å²) in [6.07, 6.45) is 7.48. The van der Waals surface area contributed by atoms with E-state index in [0.29, 0.717) is 27.9 Å². The third kappa shape index (κ3) is 4.26. The van der Waals surface area contributed by atoms with Gasteiger partial charge in [-0.05, 0) is 43.5 Å². The second-order valence-corrected chi connectivity index (χ2v) is 8.77. The minimum atomic E-state index is -0.174. The molecule has 0 aliphatic heterocycles. The lowest BCUT2D eigenvalue weighted by Gasteiger charge is -2.31. The van der Waals surface area contributed by atoms with E-state index in [4.69, 9.17) is 4.98 Å². The zero-order valence-corrected chi connectivity index (χ0v) is 18.2. The van der Waals surface area contributed by atoms with Crippen LogP contribution in [0.3, 0.4) is 0 Å². The van der Waals surface area contributed by atoms with Crippen molar-refractivity contribution in [2.75, 3.05) is 12.8 Å². The number of rotatable bonds is 5. The molecule has 2 aromatic heterocycles. The maximum absolute atomic E-state index is 13.2. The molecule has 1 saturated carbocycles. The van der Waals surface area contributed by atoms with Crippen molar-refractivity contribution in [3.63, 3.8) is 0 Å². The molecule has 6 nitrogen and oxygen atoms in total. The molecule has 1 aliphatic rings. The molecule has 1 fully saturated rings. The molecule has 0 radical (unpaired) electrons. The molecule has 0 atom stereocenters. The van der Waals surface area contributed by atoms with Crippen LogP contribution in [0.2, 0.25) is 0 Å². The van der Waals surface area contributed by atoms with E-state index in [0.717, 1.165) is 18.4 Å². The summed E-state index contributed by atoms with van der Waals surface area (Å²) in [5.74, 6) is 0.820. The van der Waals surface area contributed by atoms with Crippen molar-refractivity contribution < 1.29 is 4.79 Å². The second-order valence-electron chi connectivity index (χ2n) is 7.83. The number of hydrogen-bond donors (Lipinski definition) is 0. The van der Waals surface area contributed by atoms with E-state index >= 15 is 0 Å². The second kappa shape index (κ2) is 9.00. The zero-order chi connectivity index (χ0) is 21.1. The molecule has 0 bridgehead atoms. The van der Waals surface area contributed by atoms with Gasteiger partial charge in [0.15, 0.2) is 5.16 Å². The molecule has 4 rings (SSSR count). The summed E-state index contributed by atoms with van der Waals surface area (Å²) in [6.45, 7) is 1.95. The first-order chi connectivity index (χ1) is 14.5. The first kappa shape index (κ1) is 20.6. The summed E-state index contributed by atoms with van der Waals surface area (Å²) in [6, 6.07) is 11.3. The number of carbonyl (C=O) groups excluding carboxylic acids is 1. The number of thioether (sulfide) groups is 1. The van der Waals surface area contributed by atoms with Crippen molar-refractivity contribution in [3.8, 4) is 5.82 Å². The Morgan fingerprint density at radius 3 is 2.67 bits per heavy atom. The van der Waals surface area contributed by atoms with Gasteiger partial charge in [0.05, 0.1) is 16.7 Å². The molecule has 0 spiro atoms. The SMILES string of the molecule is Cc1ccc(-n2c(SCC(=O)N(C)C3CCCCC3)nc3ccccc3c2=O)nc1. The van der Waals surface area contributed by atoms with Gasteiger partial charge in [0, 0.05) is 19.3 Å². The number of aromatic nitrogens is 3. The number of aryl methyl sites for hydroxylation is 1. The first-order valence-electron chi connectivity index (χ1n) is 10.4. The van der Waals surface area contributed by atoms with Crippen LogP contribution in [0.15, 0.2) is 52.5 Å². The first-order valence-corrected chi connectivity index (χ1v) is 11.4. The van der Waals surface area contributed by atoms with Crippen molar-refractivity contribution in [2.45, 2.75) is 50.2 Å². The zero-order valence-electron chi connectivity index (χ0n) is 17.4. The quantitative estimate of drug-likeness (QED) is 0.460. The Labute approximate surface area is 180 Å². The number of amides is 1. The molecular formula is C23H26N4O2S. The van der Waals surface area contributed by atoms with Crippen molar-refractivity contribution in [1.82, 2.24) is 19.4 Å². The molecule has 7 heteroatoms. The Hall–Kier alpha value is -2.67. The fourth-order valence-electron chi connectivity index (χ4n) is 3.90. The molecular weight excluding hydrogens is 396 g/mol. The number of benzene rings is 1. The fourth-order valence-corrected chi connectivity index (χ4v) is 4.83. The molecule has 1 aliphatic carbocycles. The highest BCUT2D eigenvalue weighted by Crippen LogP contribution is 2.24. The van der Waals surface area contributed by atoms with E-state index in [1.54, 1.807) is 12.3 Å².